The predicted octanol–water partition coefficient (Wildman–Crippen LogP) is 1.46. The van der Waals surface area contributed by atoms with E-state index in [0.29, 0.717) is 6.54 Å². The molecule has 0 unspecified atom stereocenters. The summed E-state index contributed by atoms with van der Waals surface area (Å²) in [6.45, 7) is 0.643. The Morgan fingerprint density at radius 3 is 2.50 bits per heavy atom. The summed E-state index contributed by atoms with van der Waals surface area (Å²) in [5, 5.41) is 9.60. The first kappa shape index (κ1) is 9.23. The quantitative estimate of drug-likeness (QED) is 0.709. The third-order valence-corrected chi connectivity index (χ3v) is 1.87. The normalized spacial score (nSPS) is 12.8. The lowest BCUT2D eigenvalue weighted by molar-refractivity contribution is 0.165. The van der Waals surface area contributed by atoms with E-state index in [4.69, 9.17) is 5.73 Å². The molecule has 0 saturated carbocycles. The summed E-state index contributed by atoms with van der Waals surface area (Å²) in [5.74, 6) is 0. The van der Waals surface area contributed by atoms with Gasteiger partial charge in [-0.2, -0.15) is 0 Å². The monoisotopic (exact) mass is 165 g/mol. The molecule has 0 fully saturated rings. The fourth-order valence-electron chi connectivity index (χ4n) is 1.15. The van der Waals surface area contributed by atoms with Gasteiger partial charge in [0.05, 0.1) is 6.10 Å². The smallest absolute Gasteiger partial charge is 0.0790 e. The van der Waals surface area contributed by atoms with Crippen LogP contribution >= 0.6 is 0 Å². The van der Waals surface area contributed by atoms with Crippen LogP contribution in [0.3, 0.4) is 0 Å². The van der Waals surface area contributed by atoms with Crippen molar-refractivity contribution in [2.75, 3.05) is 6.54 Å². The number of benzene rings is 1. The van der Waals surface area contributed by atoms with E-state index < -0.39 is 0 Å². The maximum Gasteiger partial charge on any atom is 0.0790 e. The summed E-state index contributed by atoms with van der Waals surface area (Å²) in [6.07, 6.45) is 1.27. The van der Waals surface area contributed by atoms with Crippen LogP contribution in [-0.2, 0) is 0 Å². The molecule has 1 rings (SSSR count). The van der Waals surface area contributed by atoms with Crippen LogP contribution in [-0.4, -0.2) is 11.7 Å². The second kappa shape index (κ2) is 4.91. The number of nitrogens with two attached hydrogens (primary N) is 1. The lowest BCUT2D eigenvalue weighted by Crippen LogP contribution is -2.03. The van der Waals surface area contributed by atoms with E-state index in [0.717, 1.165) is 18.4 Å². The average Bonchev–Trinajstić information content (AvgIpc) is 2.15. The first-order valence-electron chi connectivity index (χ1n) is 4.27. The van der Waals surface area contributed by atoms with Crippen molar-refractivity contribution in [3.8, 4) is 0 Å². The Morgan fingerprint density at radius 1 is 1.25 bits per heavy atom. The average molecular weight is 165 g/mol. The predicted molar refractivity (Wildman–Crippen MR) is 49.7 cm³/mol. The van der Waals surface area contributed by atoms with E-state index in [1.807, 2.05) is 30.3 Å². The van der Waals surface area contributed by atoms with Crippen LogP contribution in [0.1, 0.15) is 24.5 Å². The van der Waals surface area contributed by atoms with E-state index in [9.17, 15) is 5.11 Å². The van der Waals surface area contributed by atoms with E-state index in [1.165, 1.54) is 0 Å². The molecule has 0 amide bonds. The van der Waals surface area contributed by atoms with Crippen LogP contribution in [0.4, 0.5) is 0 Å². The van der Waals surface area contributed by atoms with Crippen LogP contribution in [0.25, 0.3) is 0 Å². The Bertz CT molecular complexity index is 210. The molecule has 1 atom stereocenters. The van der Waals surface area contributed by atoms with Crippen LogP contribution in [0.15, 0.2) is 30.3 Å². The Kier molecular flexibility index (Phi) is 3.77. The van der Waals surface area contributed by atoms with Gasteiger partial charge in [-0.25, -0.2) is 0 Å². The van der Waals surface area contributed by atoms with Crippen LogP contribution < -0.4 is 5.73 Å². The lowest BCUT2D eigenvalue weighted by Gasteiger charge is -2.09. The molecule has 0 saturated heterocycles. The number of rotatable bonds is 4. The number of hydrogen-bond donors (Lipinski definition) is 2. The van der Waals surface area contributed by atoms with Gasteiger partial charge in [-0.3, -0.25) is 0 Å². The van der Waals surface area contributed by atoms with E-state index >= 15 is 0 Å². The molecular weight excluding hydrogens is 150 g/mol. The molecule has 0 aliphatic carbocycles. The van der Waals surface area contributed by atoms with Crippen molar-refractivity contribution in [2.45, 2.75) is 18.9 Å². The molecule has 0 radical (unpaired) electrons. The van der Waals surface area contributed by atoms with Crippen LogP contribution in [0.2, 0.25) is 0 Å². The minimum absolute atomic E-state index is 0.352. The van der Waals surface area contributed by atoms with Gasteiger partial charge in [0.15, 0.2) is 0 Å². The molecule has 0 aliphatic rings. The van der Waals surface area contributed by atoms with Crippen molar-refractivity contribution in [3.05, 3.63) is 35.9 Å². The Labute approximate surface area is 73.0 Å². The molecule has 3 N–H and O–H groups in total. The molecule has 2 nitrogen and oxygen atoms in total. The van der Waals surface area contributed by atoms with Crippen molar-refractivity contribution < 1.29 is 5.11 Å². The Hall–Kier alpha value is -0.860. The summed E-state index contributed by atoms with van der Waals surface area (Å²) in [4.78, 5) is 0. The van der Waals surface area contributed by atoms with Crippen LogP contribution in [0, 0.1) is 0 Å². The van der Waals surface area contributed by atoms with Gasteiger partial charge in [-0.05, 0) is 24.9 Å². The minimum atomic E-state index is -0.352. The van der Waals surface area contributed by atoms with Gasteiger partial charge in [-0.1, -0.05) is 30.3 Å². The van der Waals surface area contributed by atoms with Gasteiger partial charge in [0.25, 0.3) is 0 Å². The van der Waals surface area contributed by atoms with E-state index in [2.05, 4.69) is 0 Å². The zero-order valence-electron chi connectivity index (χ0n) is 7.11. The van der Waals surface area contributed by atoms with Crippen LogP contribution in [0.5, 0.6) is 0 Å². The molecule has 1 aromatic carbocycles. The maximum atomic E-state index is 9.60. The van der Waals surface area contributed by atoms with Gasteiger partial charge < -0.3 is 10.8 Å². The van der Waals surface area contributed by atoms with Crippen molar-refractivity contribution in [3.63, 3.8) is 0 Å². The summed E-state index contributed by atoms with van der Waals surface area (Å²) >= 11 is 0. The van der Waals surface area contributed by atoms with Gasteiger partial charge in [-0.15, -0.1) is 0 Å². The highest BCUT2D eigenvalue weighted by atomic mass is 16.3. The SMILES string of the molecule is NCCC[C@H](O)c1ccccc1. The van der Waals surface area contributed by atoms with Crippen molar-refractivity contribution >= 4 is 0 Å². The highest BCUT2D eigenvalue weighted by molar-refractivity contribution is 5.16. The van der Waals surface area contributed by atoms with E-state index in [1.54, 1.807) is 0 Å². The van der Waals surface area contributed by atoms with Gasteiger partial charge in [0, 0.05) is 0 Å². The van der Waals surface area contributed by atoms with Gasteiger partial charge in [0.2, 0.25) is 0 Å². The summed E-state index contributed by atoms with van der Waals surface area (Å²) < 4.78 is 0. The Balaban J connectivity index is 2.48. The molecule has 0 heterocycles. The second-order valence-corrected chi connectivity index (χ2v) is 2.86. The topological polar surface area (TPSA) is 46.2 Å². The van der Waals surface area contributed by atoms with Gasteiger partial charge in [0.1, 0.15) is 0 Å². The zero-order valence-corrected chi connectivity index (χ0v) is 7.11. The molecule has 12 heavy (non-hydrogen) atoms. The highest BCUT2D eigenvalue weighted by Crippen LogP contribution is 2.16. The molecule has 2 heteroatoms. The molecular formula is C10H15NO. The highest BCUT2D eigenvalue weighted by Gasteiger charge is 2.04. The van der Waals surface area contributed by atoms with Crippen molar-refractivity contribution in [1.29, 1.82) is 0 Å². The fourth-order valence-corrected chi connectivity index (χ4v) is 1.15. The molecule has 0 aliphatic heterocycles. The fraction of sp³-hybridized carbons (Fsp3) is 0.400. The third kappa shape index (κ3) is 2.64. The first-order valence-corrected chi connectivity index (χ1v) is 4.27. The maximum absolute atomic E-state index is 9.60. The molecule has 0 aromatic heterocycles. The summed E-state index contributed by atoms with van der Waals surface area (Å²) in [7, 11) is 0. The summed E-state index contributed by atoms with van der Waals surface area (Å²) in [6, 6.07) is 9.67. The largest absolute Gasteiger partial charge is 0.388 e. The third-order valence-electron chi connectivity index (χ3n) is 1.87. The minimum Gasteiger partial charge on any atom is -0.388 e. The molecule has 66 valence electrons. The molecule has 1 aromatic rings. The molecule has 0 spiro atoms. The van der Waals surface area contributed by atoms with Crippen molar-refractivity contribution in [2.24, 2.45) is 5.73 Å². The summed E-state index contributed by atoms with van der Waals surface area (Å²) in [5.41, 5.74) is 6.32. The van der Waals surface area contributed by atoms with Gasteiger partial charge >= 0.3 is 0 Å². The number of aliphatic hydroxyl groups is 1. The van der Waals surface area contributed by atoms with Crippen molar-refractivity contribution in [1.82, 2.24) is 0 Å². The first-order chi connectivity index (χ1) is 5.84. The second-order valence-electron chi connectivity index (χ2n) is 2.86. The number of aliphatic hydroxyl groups excluding tert-OH is 1. The lowest BCUT2D eigenvalue weighted by atomic mass is 10.1. The Morgan fingerprint density at radius 2 is 1.92 bits per heavy atom. The number of hydrogen-bond acceptors (Lipinski definition) is 2. The molecule has 0 bridgehead atoms. The zero-order chi connectivity index (χ0) is 8.81. The standard InChI is InChI=1S/C10H15NO/c11-8-4-7-10(12)9-5-2-1-3-6-9/h1-3,5-6,10,12H,4,7-8,11H2/t10-/m0/s1. The van der Waals surface area contributed by atoms with E-state index in [-0.39, 0.29) is 6.10 Å².